The number of nitrogens with two attached hydrogens (primary N) is 1. The molecule has 3 heterocycles. The zero-order valence-electron chi connectivity index (χ0n) is 18.3. The molecule has 1 saturated heterocycles. The highest BCUT2D eigenvalue weighted by Gasteiger charge is 2.24. The average Bonchev–Trinajstić information content (AvgIpc) is 3.17. The lowest BCUT2D eigenvalue weighted by molar-refractivity contribution is 0.238. The van der Waals surface area contributed by atoms with Crippen LogP contribution in [0.15, 0.2) is 36.5 Å². The van der Waals surface area contributed by atoms with Gasteiger partial charge in [0.2, 0.25) is 5.95 Å². The minimum atomic E-state index is 0.363. The molecular weight excluding hydrogens is 388 g/mol. The number of nitrogen functional groups attached to an aromatic ring is 1. The van der Waals surface area contributed by atoms with Gasteiger partial charge in [-0.2, -0.15) is 4.98 Å². The second-order valence-corrected chi connectivity index (χ2v) is 8.77. The third-order valence-electron chi connectivity index (χ3n) is 6.81. The van der Waals surface area contributed by atoms with Crippen LogP contribution in [0.2, 0.25) is 0 Å². The molecule has 1 aromatic carbocycles. The highest BCUT2D eigenvalue weighted by Crippen LogP contribution is 2.34. The molecule has 2 aromatic heterocycles. The van der Waals surface area contributed by atoms with E-state index in [-0.39, 0.29) is 0 Å². The van der Waals surface area contributed by atoms with Crippen LogP contribution >= 0.6 is 0 Å². The van der Waals surface area contributed by atoms with Crippen molar-refractivity contribution in [2.45, 2.75) is 44.7 Å². The van der Waals surface area contributed by atoms with E-state index in [4.69, 9.17) is 10.5 Å². The van der Waals surface area contributed by atoms with Gasteiger partial charge in [0.15, 0.2) is 0 Å². The number of fused-ring (bicyclic) bond motifs is 1. The van der Waals surface area contributed by atoms with Crippen LogP contribution < -0.4 is 15.4 Å². The first-order valence-electron chi connectivity index (χ1n) is 11.4. The molecule has 5 rings (SSSR count). The van der Waals surface area contributed by atoms with E-state index in [2.05, 4.69) is 42.5 Å². The Morgan fingerprint density at radius 3 is 2.48 bits per heavy atom. The van der Waals surface area contributed by atoms with E-state index in [0.29, 0.717) is 12.0 Å². The fourth-order valence-electron chi connectivity index (χ4n) is 5.13. The summed E-state index contributed by atoms with van der Waals surface area (Å²) in [7, 11) is 1.71. The van der Waals surface area contributed by atoms with Gasteiger partial charge in [-0.25, -0.2) is 4.98 Å². The second kappa shape index (κ2) is 8.75. The van der Waals surface area contributed by atoms with Gasteiger partial charge in [-0.15, -0.1) is 0 Å². The van der Waals surface area contributed by atoms with E-state index in [1.54, 1.807) is 7.11 Å². The summed E-state index contributed by atoms with van der Waals surface area (Å²) in [4.78, 5) is 13.9. The predicted octanol–water partition coefficient (Wildman–Crippen LogP) is 3.85. The Balaban J connectivity index is 1.32. The highest BCUT2D eigenvalue weighted by atomic mass is 16.5. The van der Waals surface area contributed by atoms with E-state index in [1.807, 2.05) is 18.3 Å². The highest BCUT2D eigenvalue weighted by molar-refractivity contribution is 5.77. The summed E-state index contributed by atoms with van der Waals surface area (Å²) in [6.07, 6.45) is 8.27. The van der Waals surface area contributed by atoms with Crippen LogP contribution in [0.1, 0.15) is 43.8 Å². The van der Waals surface area contributed by atoms with E-state index < -0.39 is 0 Å². The topological polar surface area (TPSA) is 72.4 Å². The molecular formula is C24H32N6O. The van der Waals surface area contributed by atoms with Crippen molar-refractivity contribution < 1.29 is 4.74 Å². The lowest BCUT2D eigenvalue weighted by Crippen LogP contribution is -2.46. The van der Waals surface area contributed by atoms with Gasteiger partial charge in [-0.05, 0) is 43.2 Å². The smallest absolute Gasteiger partial charge is 0.221 e. The fourth-order valence-corrected chi connectivity index (χ4v) is 5.13. The largest absolute Gasteiger partial charge is 0.497 e. The van der Waals surface area contributed by atoms with Crippen molar-refractivity contribution in [1.82, 2.24) is 19.4 Å². The number of benzene rings is 1. The number of hydrogen-bond acceptors (Lipinski definition) is 6. The molecule has 0 amide bonds. The maximum Gasteiger partial charge on any atom is 0.221 e. The number of piperazine rings is 1. The Labute approximate surface area is 183 Å². The van der Waals surface area contributed by atoms with Crippen LogP contribution in [0.5, 0.6) is 5.75 Å². The summed E-state index contributed by atoms with van der Waals surface area (Å²) in [5.74, 6) is 1.27. The minimum Gasteiger partial charge on any atom is -0.497 e. The third-order valence-corrected chi connectivity index (χ3v) is 6.81. The van der Waals surface area contributed by atoms with Gasteiger partial charge in [-0.1, -0.05) is 19.3 Å². The van der Waals surface area contributed by atoms with Crippen LogP contribution in [0.3, 0.4) is 0 Å². The first-order valence-corrected chi connectivity index (χ1v) is 11.4. The van der Waals surface area contributed by atoms with Crippen LogP contribution in [-0.4, -0.2) is 52.7 Å². The summed E-state index contributed by atoms with van der Waals surface area (Å²) in [5, 5.41) is 1.10. The fraction of sp³-hybridized carbons (Fsp3) is 0.500. The van der Waals surface area contributed by atoms with Gasteiger partial charge in [-0.3, -0.25) is 4.90 Å². The van der Waals surface area contributed by atoms with Crippen molar-refractivity contribution in [3.63, 3.8) is 0 Å². The molecule has 7 heteroatoms. The van der Waals surface area contributed by atoms with Crippen LogP contribution in [0, 0.1) is 0 Å². The Bertz CT molecular complexity index is 1020. The third kappa shape index (κ3) is 4.19. The lowest BCUT2D eigenvalue weighted by atomic mass is 9.95. The Morgan fingerprint density at radius 1 is 1.03 bits per heavy atom. The molecule has 1 aliphatic carbocycles. The van der Waals surface area contributed by atoms with E-state index in [9.17, 15) is 0 Å². The predicted molar refractivity (Wildman–Crippen MR) is 125 cm³/mol. The van der Waals surface area contributed by atoms with Crippen LogP contribution in [0.25, 0.3) is 11.0 Å². The molecule has 0 radical (unpaired) electrons. The molecule has 0 spiro atoms. The zero-order valence-corrected chi connectivity index (χ0v) is 18.3. The number of nitrogens with zero attached hydrogens (tertiary/aromatic N) is 5. The summed E-state index contributed by atoms with van der Waals surface area (Å²) in [6, 6.07) is 11.2. The van der Waals surface area contributed by atoms with E-state index in [0.717, 1.165) is 49.5 Å². The summed E-state index contributed by atoms with van der Waals surface area (Å²) in [5.41, 5.74) is 9.56. The molecule has 0 bridgehead atoms. The summed E-state index contributed by atoms with van der Waals surface area (Å²) < 4.78 is 7.76. The number of rotatable bonds is 5. The van der Waals surface area contributed by atoms with Crippen molar-refractivity contribution in [1.29, 1.82) is 0 Å². The second-order valence-electron chi connectivity index (χ2n) is 8.77. The number of methoxy groups -OCH3 is 1. The minimum absolute atomic E-state index is 0.363. The number of aromatic nitrogens is 3. The Morgan fingerprint density at radius 2 is 1.77 bits per heavy atom. The molecule has 2 fully saturated rings. The summed E-state index contributed by atoms with van der Waals surface area (Å²) >= 11 is 0. The van der Waals surface area contributed by atoms with Crippen molar-refractivity contribution in [3.05, 3.63) is 42.2 Å². The molecule has 7 nitrogen and oxygen atoms in total. The standard InChI is InChI=1S/C24H32N6O/c1-31-22-9-7-19(8-10-22)29-13-11-28(12-14-29)17-21-15-18-16-26-24(25)27-23(18)30(21)20-5-3-2-4-6-20/h7-10,15-16,20H,2-6,11-14,17H2,1H3,(H2,25,26,27). The lowest BCUT2D eigenvalue weighted by Gasteiger charge is -2.36. The molecule has 3 aromatic rings. The van der Waals surface area contributed by atoms with E-state index in [1.165, 1.54) is 43.5 Å². The molecule has 2 aliphatic rings. The van der Waals surface area contributed by atoms with Crippen molar-refractivity contribution in [2.24, 2.45) is 0 Å². The van der Waals surface area contributed by atoms with Gasteiger partial charge in [0.1, 0.15) is 11.4 Å². The van der Waals surface area contributed by atoms with E-state index >= 15 is 0 Å². The molecule has 0 atom stereocenters. The van der Waals surface area contributed by atoms with Gasteiger partial charge in [0, 0.05) is 61.7 Å². The van der Waals surface area contributed by atoms with Crippen molar-refractivity contribution in [2.75, 3.05) is 43.9 Å². The maximum absolute atomic E-state index is 5.95. The average molecular weight is 421 g/mol. The first kappa shape index (κ1) is 20.1. The maximum atomic E-state index is 5.95. The SMILES string of the molecule is COc1ccc(N2CCN(Cc3cc4cnc(N)nc4n3C3CCCCC3)CC2)cc1. The number of hydrogen-bond donors (Lipinski definition) is 1. The van der Waals surface area contributed by atoms with Crippen LogP contribution in [-0.2, 0) is 6.54 Å². The molecule has 31 heavy (non-hydrogen) atoms. The number of anilines is 2. The van der Waals surface area contributed by atoms with Gasteiger partial charge in [0.05, 0.1) is 7.11 Å². The molecule has 2 N–H and O–H groups in total. The van der Waals surface area contributed by atoms with Crippen molar-refractivity contribution in [3.8, 4) is 5.75 Å². The van der Waals surface area contributed by atoms with Gasteiger partial charge < -0.3 is 19.9 Å². The first-order chi connectivity index (χ1) is 15.2. The molecule has 0 unspecified atom stereocenters. The van der Waals surface area contributed by atoms with Gasteiger partial charge >= 0.3 is 0 Å². The molecule has 164 valence electrons. The van der Waals surface area contributed by atoms with Crippen LogP contribution in [0.4, 0.5) is 11.6 Å². The quantitative estimate of drug-likeness (QED) is 0.676. The molecule has 1 saturated carbocycles. The monoisotopic (exact) mass is 420 g/mol. The Kier molecular flexibility index (Phi) is 5.68. The normalized spacial score (nSPS) is 18.5. The van der Waals surface area contributed by atoms with Gasteiger partial charge in [0.25, 0.3) is 0 Å². The van der Waals surface area contributed by atoms with Crippen molar-refractivity contribution >= 4 is 22.7 Å². The Hall–Kier alpha value is -2.80. The zero-order chi connectivity index (χ0) is 21.2. The summed E-state index contributed by atoms with van der Waals surface area (Å²) in [6.45, 7) is 5.10. The number of ether oxygens (including phenoxy) is 1. The molecule has 1 aliphatic heterocycles.